The molecule has 4 aromatic rings. The van der Waals surface area contributed by atoms with Gasteiger partial charge in [0.05, 0.1) is 22.6 Å². The molecule has 0 fully saturated rings. The van der Waals surface area contributed by atoms with E-state index < -0.39 is 5.97 Å². The van der Waals surface area contributed by atoms with Crippen LogP contribution in [0.1, 0.15) is 17.3 Å². The molecule has 0 aliphatic carbocycles. The van der Waals surface area contributed by atoms with Gasteiger partial charge in [-0.15, -0.1) is 0 Å². The molecule has 24 heavy (non-hydrogen) atoms. The van der Waals surface area contributed by atoms with Crippen molar-refractivity contribution in [2.24, 2.45) is 0 Å². The molecular weight excluding hydrogens is 324 g/mol. The van der Waals surface area contributed by atoms with Gasteiger partial charge in [-0.1, -0.05) is 60.1 Å². The molecule has 0 atom stereocenters. The van der Waals surface area contributed by atoms with E-state index in [0.29, 0.717) is 16.2 Å². The summed E-state index contributed by atoms with van der Waals surface area (Å²) in [5.41, 5.74) is 0.108. The zero-order valence-corrected chi connectivity index (χ0v) is 13.7. The quantitative estimate of drug-likeness (QED) is 0.495. The van der Waals surface area contributed by atoms with Crippen LogP contribution in [0.3, 0.4) is 0 Å². The van der Waals surface area contributed by atoms with E-state index in [4.69, 9.17) is 16.3 Å². The molecule has 0 aliphatic heterocycles. The first kappa shape index (κ1) is 14.9. The van der Waals surface area contributed by atoms with Gasteiger partial charge in [0.1, 0.15) is 0 Å². The lowest BCUT2D eigenvalue weighted by molar-refractivity contribution is 0.0529. The Kier molecular flexibility index (Phi) is 3.39. The second kappa shape index (κ2) is 5.46. The van der Waals surface area contributed by atoms with E-state index in [0.717, 1.165) is 16.2 Å². The van der Waals surface area contributed by atoms with Gasteiger partial charge < -0.3 is 4.74 Å². The van der Waals surface area contributed by atoms with Crippen LogP contribution >= 0.6 is 11.6 Å². The summed E-state index contributed by atoms with van der Waals surface area (Å²) < 4.78 is 5.14. The van der Waals surface area contributed by atoms with Crippen molar-refractivity contribution >= 4 is 49.9 Å². The Morgan fingerprint density at radius 2 is 1.50 bits per heavy atom. The molecule has 0 saturated carbocycles. The normalized spacial score (nSPS) is 11.4. The van der Waals surface area contributed by atoms with Gasteiger partial charge in [-0.05, 0) is 23.1 Å². The number of carbonyl (C=O) groups is 1. The topological polar surface area (TPSA) is 43.4 Å². The number of ether oxygens (including phenoxy) is 1. The zero-order valence-electron chi connectivity index (χ0n) is 12.9. The third-order valence-corrected chi connectivity index (χ3v) is 4.68. The van der Waals surface area contributed by atoms with E-state index in [9.17, 15) is 9.59 Å². The molecule has 118 valence electrons. The summed E-state index contributed by atoms with van der Waals surface area (Å²) in [6, 6.07) is 14.9. The lowest BCUT2D eigenvalue weighted by Crippen LogP contribution is -2.05. The number of hydrogen-bond acceptors (Lipinski definition) is 3. The van der Waals surface area contributed by atoms with Crippen LogP contribution in [0.2, 0.25) is 5.02 Å². The number of esters is 1. The summed E-state index contributed by atoms with van der Waals surface area (Å²) in [7, 11) is 0. The van der Waals surface area contributed by atoms with Crippen LogP contribution in [0.25, 0.3) is 32.3 Å². The average Bonchev–Trinajstić information content (AvgIpc) is 2.73. The molecule has 0 bridgehead atoms. The van der Waals surface area contributed by atoms with E-state index in [1.807, 2.05) is 42.5 Å². The average molecular weight is 337 g/mol. The Balaban J connectivity index is 2.34. The Morgan fingerprint density at radius 3 is 2.17 bits per heavy atom. The molecule has 4 rings (SSSR count). The molecule has 0 aliphatic rings. The molecule has 0 saturated heterocycles. The number of rotatable bonds is 2. The van der Waals surface area contributed by atoms with Crippen LogP contribution in [0.15, 0.2) is 53.3 Å². The van der Waals surface area contributed by atoms with Crippen molar-refractivity contribution in [2.45, 2.75) is 6.92 Å². The molecule has 0 unspecified atom stereocenters. The fourth-order valence-corrected chi connectivity index (χ4v) is 3.70. The predicted molar refractivity (Wildman–Crippen MR) is 97.4 cm³/mol. The Hall–Kier alpha value is -2.65. The van der Waals surface area contributed by atoms with Crippen molar-refractivity contribution in [1.82, 2.24) is 0 Å². The molecule has 3 nitrogen and oxygen atoms in total. The second-order valence-electron chi connectivity index (χ2n) is 5.58. The minimum atomic E-state index is -0.505. The van der Waals surface area contributed by atoms with E-state index >= 15 is 0 Å². The van der Waals surface area contributed by atoms with Gasteiger partial charge in [0.15, 0.2) is 5.43 Å². The van der Waals surface area contributed by atoms with Crippen LogP contribution in [0.5, 0.6) is 0 Å². The summed E-state index contributed by atoms with van der Waals surface area (Å²) in [5.74, 6) is -0.505. The maximum Gasteiger partial charge on any atom is 0.340 e. The minimum absolute atomic E-state index is 0.158. The van der Waals surface area contributed by atoms with Gasteiger partial charge in [-0.25, -0.2) is 4.79 Å². The van der Waals surface area contributed by atoms with E-state index in [2.05, 4.69) is 0 Å². The molecule has 0 amide bonds. The number of fused-ring (bicyclic) bond motifs is 2. The lowest BCUT2D eigenvalue weighted by atomic mass is 10.0. The molecule has 0 aromatic heterocycles. The van der Waals surface area contributed by atoms with Crippen molar-refractivity contribution in [3.63, 3.8) is 0 Å². The van der Waals surface area contributed by atoms with Crippen LogP contribution in [0, 0.1) is 0 Å². The maximum atomic E-state index is 13.0. The van der Waals surface area contributed by atoms with E-state index in [1.54, 1.807) is 13.0 Å². The van der Waals surface area contributed by atoms with Crippen LogP contribution in [-0.2, 0) is 4.74 Å². The van der Waals surface area contributed by atoms with E-state index in [-0.39, 0.29) is 22.6 Å². The van der Waals surface area contributed by atoms with Gasteiger partial charge in [0.25, 0.3) is 0 Å². The zero-order chi connectivity index (χ0) is 16.8. The molecule has 0 N–H and O–H groups in total. The highest BCUT2D eigenvalue weighted by Crippen LogP contribution is 2.39. The highest BCUT2D eigenvalue weighted by Gasteiger charge is 2.25. The van der Waals surface area contributed by atoms with Gasteiger partial charge in [0, 0.05) is 10.8 Å². The number of halogens is 1. The minimum Gasteiger partial charge on any atom is -0.462 e. The highest BCUT2D eigenvalue weighted by molar-refractivity contribution is 6.44. The van der Waals surface area contributed by atoms with Crippen molar-refractivity contribution in [3.05, 3.63) is 69.3 Å². The van der Waals surface area contributed by atoms with Crippen molar-refractivity contribution in [2.75, 3.05) is 6.61 Å². The van der Waals surface area contributed by atoms with Gasteiger partial charge in [0.2, 0.25) is 0 Å². The standard InChI is InChI=1S/C20H13ClO3/c1-2-24-20(23)16-14-10-6-4-8-12-11-7-3-5-9-13(11)19(22)17(15(12)14)18(16)21/h3-10H,2H2,1H3. The van der Waals surface area contributed by atoms with Gasteiger partial charge in [-0.3, -0.25) is 4.79 Å². The fourth-order valence-electron chi connectivity index (χ4n) is 3.34. The van der Waals surface area contributed by atoms with Crippen LogP contribution in [0.4, 0.5) is 0 Å². The lowest BCUT2D eigenvalue weighted by Gasteiger charge is -2.01. The Morgan fingerprint density at radius 1 is 0.917 bits per heavy atom. The predicted octanol–water partition coefficient (Wildman–Crippen LogP) is 4.77. The molecule has 0 heterocycles. The first-order valence-electron chi connectivity index (χ1n) is 7.70. The molecule has 4 aromatic carbocycles. The smallest absolute Gasteiger partial charge is 0.340 e. The largest absolute Gasteiger partial charge is 0.462 e. The summed E-state index contributed by atoms with van der Waals surface area (Å²) in [5, 5.41) is 4.29. The monoisotopic (exact) mass is 336 g/mol. The summed E-state index contributed by atoms with van der Waals surface area (Å²) >= 11 is 6.47. The number of carbonyl (C=O) groups excluding carboxylic acids is 1. The first-order valence-corrected chi connectivity index (χ1v) is 8.08. The number of benzene rings is 2. The second-order valence-corrected chi connectivity index (χ2v) is 5.96. The highest BCUT2D eigenvalue weighted by atomic mass is 35.5. The first-order chi connectivity index (χ1) is 11.6. The summed E-state index contributed by atoms with van der Waals surface area (Å²) in [6.07, 6.45) is 0. The SMILES string of the molecule is CCOC(=O)c1c(Cl)c2c(=O)c3ccccc3c3ccccc1c23. The third kappa shape index (κ3) is 1.91. The molecule has 4 heteroatoms. The van der Waals surface area contributed by atoms with Crippen LogP contribution < -0.4 is 5.43 Å². The van der Waals surface area contributed by atoms with Crippen molar-refractivity contribution in [3.8, 4) is 0 Å². The molecular formula is C20H13ClO3. The fraction of sp³-hybridized carbons (Fsp3) is 0.100. The van der Waals surface area contributed by atoms with E-state index in [1.165, 1.54) is 0 Å². The Bertz CT molecular complexity index is 1160. The molecule has 0 spiro atoms. The number of hydrogen-bond donors (Lipinski definition) is 0. The third-order valence-electron chi connectivity index (χ3n) is 4.30. The molecule has 0 radical (unpaired) electrons. The van der Waals surface area contributed by atoms with Crippen molar-refractivity contribution in [1.29, 1.82) is 0 Å². The summed E-state index contributed by atoms with van der Waals surface area (Å²) in [4.78, 5) is 25.4. The van der Waals surface area contributed by atoms with Gasteiger partial charge >= 0.3 is 5.97 Å². The summed E-state index contributed by atoms with van der Waals surface area (Å²) in [6.45, 7) is 1.99. The Labute approximate surface area is 142 Å². The van der Waals surface area contributed by atoms with Crippen molar-refractivity contribution < 1.29 is 9.53 Å². The maximum absolute atomic E-state index is 13.0. The van der Waals surface area contributed by atoms with Crippen LogP contribution in [-0.4, -0.2) is 12.6 Å². The van der Waals surface area contributed by atoms with Gasteiger partial charge in [-0.2, -0.15) is 0 Å².